The number of hydrogen-bond donors (Lipinski definition) is 2. The first-order valence-corrected chi connectivity index (χ1v) is 7.10. The summed E-state index contributed by atoms with van der Waals surface area (Å²) < 4.78 is 0. The molecule has 0 unspecified atom stereocenters. The van der Waals surface area contributed by atoms with Crippen LogP contribution in [0.3, 0.4) is 0 Å². The van der Waals surface area contributed by atoms with Crippen LogP contribution in [0.25, 0.3) is 0 Å². The largest absolute Gasteiger partial charge is 0.480 e. The molecule has 1 aromatic rings. The quantitative estimate of drug-likeness (QED) is 0.718. The van der Waals surface area contributed by atoms with E-state index in [4.69, 9.17) is 0 Å². The molecule has 0 saturated heterocycles. The lowest BCUT2D eigenvalue weighted by Crippen LogP contribution is -2.42. The third-order valence-electron chi connectivity index (χ3n) is 3.16. The van der Waals surface area contributed by atoms with Gasteiger partial charge in [-0.1, -0.05) is 49.6 Å². The van der Waals surface area contributed by atoms with Crippen LogP contribution in [0.4, 0.5) is 0 Å². The highest BCUT2D eigenvalue weighted by Crippen LogP contribution is 2.08. The van der Waals surface area contributed by atoms with Gasteiger partial charge in [0, 0.05) is 12.8 Å². The fourth-order valence-electron chi connectivity index (χ4n) is 2.08. The highest BCUT2D eigenvalue weighted by molar-refractivity contribution is 5.83. The van der Waals surface area contributed by atoms with Gasteiger partial charge in [-0.3, -0.25) is 4.79 Å². The number of hydrogen-bond acceptors (Lipinski definition) is 2. The topological polar surface area (TPSA) is 66.4 Å². The molecule has 0 fully saturated rings. The zero-order valence-corrected chi connectivity index (χ0v) is 12.2. The van der Waals surface area contributed by atoms with Crippen molar-refractivity contribution in [3.8, 4) is 0 Å². The zero-order valence-electron chi connectivity index (χ0n) is 12.2. The monoisotopic (exact) mass is 277 g/mol. The lowest BCUT2D eigenvalue weighted by atomic mass is 10.0. The van der Waals surface area contributed by atoms with Gasteiger partial charge in [-0.2, -0.15) is 0 Å². The van der Waals surface area contributed by atoms with Crippen LogP contribution in [0.5, 0.6) is 0 Å². The van der Waals surface area contributed by atoms with Crippen LogP contribution in [0.1, 0.15) is 43.7 Å². The number of carbonyl (C=O) groups is 2. The van der Waals surface area contributed by atoms with E-state index in [-0.39, 0.29) is 5.91 Å². The molecule has 1 rings (SSSR count). The average molecular weight is 277 g/mol. The van der Waals surface area contributed by atoms with E-state index in [0.717, 1.165) is 30.4 Å². The second-order valence-electron chi connectivity index (χ2n) is 5.11. The fraction of sp³-hybridized carbons (Fsp3) is 0.500. The highest BCUT2D eigenvalue weighted by atomic mass is 16.4. The third-order valence-corrected chi connectivity index (χ3v) is 3.16. The number of rotatable bonds is 8. The van der Waals surface area contributed by atoms with Gasteiger partial charge in [0.05, 0.1) is 0 Å². The Bertz CT molecular complexity index is 457. The predicted octanol–water partition coefficient (Wildman–Crippen LogP) is 2.69. The van der Waals surface area contributed by atoms with Crippen LogP contribution in [0.15, 0.2) is 24.3 Å². The Labute approximate surface area is 120 Å². The van der Waals surface area contributed by atoms with Crippen molar-refractivity contribution in [2.24, 2.45) is 0 Å². The first kappa shape index (κ1) is 16.2. The van der Waals surface area contributed by atoms with Crippen molar-refractivity contribution in [2.45, 2.75) is 52.0 Å². The van der Waals surface area contributed by atoms with E-state index in [1.807, 2.05) is 31.2 Å². The maximum Gasteiger partial charge on any atom is 0.326 e. The summed E-state index contributed by atoms with van der Waals surface area (Å²) in [5, 5.41) is 11.8. The number of nitrogens with one attached hydrogen (secondary N) is 1. The van der Waals surface area contributed by atoms with Gasteiger partial charge in [-0.15, -0.1) is 0 Å². The van der Waals surface area contributed by atoms with Crippen molar-refractivity contribution in [3.63, 3.8) is 0 Å². The van der Waals surface area contributed by atoms with Gasteiger partial charge in [0.1, 0.15) is 6.04 Å². The number of carboxylic acids is 1. The molecule has 0 aliphatic carbocycles. The van der Waals surface area contributed by atoms with E-state index in [1.54, 1.807) is 0 Å². The molecule has 1 amide bonds. The molecule has 4 heteroatoms. The van der Waals surface area contributed by atoms with Crippen molar-refractivity contribution >= 4 is 11.9 Å². The Morgan fingerprint density at radius 3 is 2.65 bits per heavy atom. The molecule has 0 aliphatic heterocycles. The minimum atomic E-state index is -0.990. The Hall–Kier alpha value is -1.84. The summed E-state index contributed by atoms with van der Waals surface area (Å²) >= 11 is 0. The summed E-state index contributed by atoms with van der Waals surface area (Å²) in [6.45, 7) is 4.03. The third kappa shape index (κ3) is 5.87. The lowest BCUT2D eigenvalue weighted by Gasteiger charge is -2.15. The van der Waals surface area contributed by atoms with E-state index in [1.165, 1.54) is 0 Å². The molecule has 0 bridgehead atoms. The Morgan fingerprint density at radius 1 is 1.30 bits per heavy atom. The SMILES string of the molecule is CCCCCC(=O)N[C@@H](Cc1cccc(C)c1)C(=O)O. The molecule has 0 saturated carbocycles. The van der Waals surface area contributed by atoms with Crippen LogP contribution >= 0.6 is 0 Å². The lowest BCUT2D eigenvalue weighted by molar-refractivity contribution is -0.141. The van der Waals surface area contributed by atoms with Crippen molar-refractivity contribution in [1.82, 2.24) is 5.32 Å². The maximum atomic E-state index is 11.7. The highest BCUT2D eigenvalue weighted by Gasteiger charge is 2.20. The van der Waals surface area contributed by atoms with Crippen LogP contribution in [0.2, 0.25) is 0 Å². The summed E-state index contributed by atoms with van der Waals surface area (Å²) in [5.74, 6) is -1.17. The van der Waals surface area contributed by atoms with E-state index in [9.17, 15) is 14.7 Å². The average Bonchev–Trinajstić information content (AvgIpc) is 2.38. The second kappa shape index (κ2) is 8.35. The van der Waals surface area contributed by atoms with Gasteiger partial charge in [0.25, 0.3) is 0 Å². The molecule has 1 atom stereocenters. The van der Waals surface area contributed by atoms with Crippen LogP contribution in [-0.4, -0.2) is 23.0 Å². The molecule has 0 aliphatic rings. The first-order valence-electron chi connectivity index (χ1n) is 7.10. The fourth-order valence-corrected chi connectivity index (χ4v) is 2.08. The minimum Gasteiger partial charge on any atom is -0.480 e. The van der Waals surface area contributed by atoms with Crippen molar-refractivity contribution < 1.29 is 14.7 Å². The molecular formula is C16H23NO3. The van der Waals surface area contributed by atoms with E-state index < -0.39 is 12.0 Å². The summed E-state index contributed by atoms with van der Waals surface area (Å²) in [5.41, 5.74) is 2.01. The standard InChI is InChI=1S/C16H23NO3/c1-3-4-5-9-15(18)17-14(16(19)20)11-13-8-6-7-12(2)10-13/h6-8,10,14H,3-5,9,11H2,1-2H3,(H,17,18)(H,19,20)/t14-/m0/s1. The normalized spacial score (nSPS) is 11.9. The van der Waals surface area contributed by atoms with E-state index in [0.29, 0.717) is 12.8 Å². The molecule has 110 valence electrons. The molecule has 2 N–H and O–H groups in total. The van der Waals surface area contributed by atoms with Crippen LogP contribution in [-0.2, 0) is 16.0 Å². The first-order chi connectivity index (χ1) is 9.52. The molecular weight excluding hydrogens is 254 g/mol. The van der Waals surface area contributed by atoms with Gasteiger partial charge in [0.2, 0.25) is 5.91 Å². The van der Waals surface area contributed by atoms with Gasteiger partial charge in [-0.05, 0) is 18.9 Å². The molecule has 4 nitrogen and oxygen atoms in total. The number of unbranched alkanes of at least 4 members (excludes halogenated alkanes) is 2. The molecule has 0 aromatic heterocycles. The number of aliphatic carboxylic acids is 1. The van der Waals surface area contributed by atoms with Gasteiger partial charge < -0.3 is 10.4 Å². The maximum absolute atomic E-state index is 11.7. The number of carbonyl (C=O) groups excluding carboxylic acids is 1. The van der Waals surface area contributed by atoms with E-state index >= 15 is 0 Å². The summed E-state index contributed by atoms with van der Waals surface area (Å²) in [4.78, 5) is 23.0. The Kier molecular flexibility index (Phi) is 6.77. The van der Waals surface area contributed by atoms with Crippen LogP contribution in [0, 0.1) is 6.92 Å². The second-order valence-corrected chi connectivity index (χ2v) is 5.11. The molecule has 0 spiro atoms. The number of aryl methyl sites for hydroxylation is 1. The smallest absolute Gasteiger partial charge is 0.326 e. The Balaban J connectivity index is 2.56. The number of amides is 1. The van der Waals surface area contributed by atoms with Crippen molar-refractivity contribution in [2.75, 3.05) is 0 Å². The molecule has 20 heavy (non-hydrogen) atoms. The summed E-state index contributed by atoms with van der Waals surface area (Å²) in [7, 11) is 0. The van der Waals surface area contributed by atoms with Gasteiger partial charge in [0.15, 0.2) is 0 Å². The van der Waals surface area contributed by atoms with Gasteiger partial charge in [-0.25, -0.2) is 4.79 Å². The summed E-state index contributed by atoms with van der Waals surface area (Å²) in [6, 6.07) is 6.83. The van der Waals surface area contributed by atoms with Gasteiger partial charge >= 0.3 is 5.97 Å². The molecule has 0 heterocycles. The van der Waals surface area contributed by atoms with Crippen molar-refractivity contribution in [1.29, 1.82) is 0 Å². The van der Waals surface area contributed by atoms with Crippen LogP contribution < -0.4 is 5.32 Å². The number of carboxylic acid groups (broad SMARTS) is 1. The summed E-state index contributed by atoms with van der Waals surface area (Å²) in [6.07, 6.45) is 3.54. The Morgan fingerprint density at radius 2 is 2.05 bits per heavy atom. The minimum absolute atomic E-state index is 0.182. The predicted molar refractivity (Wildman–Crippen MR) is 78.6 cm³/mol. The molecule has 0 radical (unpaired) electrons. The molecule has 1 aromatic carbocycles. The zero-order chi connectivity index (χ0) is 15.0. The van der Waals surface area contributed by atoms with E-state index in [2.05, 4.69) is 12.2 Å². The van der Waals surface area contributed by atoms with Crippen molar-refractivity contribution in [3.05, 3.63) is 35.4 Å². The number of benzene rings is 1.